The Labute approximate surface area is 141 Å². The summed E-state index contributed by atoms with van der Waals surface area (Å²) in [5.74, 6) is 0.807. The van der Waals surface area contributed by atoms with E-state index in [9.17, 15) is 4.79 Å². The first-order valence-corrected chi connectivity index (χ1v) is 9.03. The number of aromatic nitrogens is 1. The maximum Gasteiger partial charge on any atom is 0.220 e. The molecule has 1 amide bonds. The predicted octanol–water partition coefficient (Wildman–Crippen LogP) is 3.12. The zero-order chi connectivity index (χ0) is 16.1. The fourth-order valence-electron chi connectivity index (χ4n) is 2.86. The number of amides is 1. The second kappa shape index (κ2) is 7.70. The number of hydrogen-bond donors (Lipinski definition) is 2. The first kappa shape index (κ1) is 16.1. The van der Waals surface area contributed by atoms with Crippen LogP contribution < -0.4 is 10.6 Å². The summed E-state index contributed by atoms with van der Waals surface area (Å²) < 4.78 is 0. The highest BCUT2D eigenvalue weighted by molar-refractivity contribution is 7.15. The lowest BCUT2D eigenvalue weighted by atomic mass is 10.0. The monoisotopic (exact) mass is 329 g/mol. The molecule has 4 nitrogen and oxygen atoms in total. The molecule has 0 bridgehead atoms. The van der Waals surface area contributed by atoms with Gasteiger partial charge in [0.05, 0.1) is 12.2 Å². The van der Waals surface area contributed by atoms with E-state index in [2.05, 4.69) is 27.8 Å². The van der Waals surface area contributed by atoms with Crippen molar-refractivity contribution in [2.24, 2.45) is 5.92 Å². The highest BCUT2D eigenvalue weighted by atomic mass is 32.1. The number of hydrogen-bond acceptors (Lipinski definition) is 4. The van der Waals surface area contributed by atoms with Crippen molar-refractivity contribution < 1.29 is 4.79 Å². The van der Waals surface area contributed by atoms with E-state index in [1.165, 1.54) is 6.42 Å². The summed E-state index contributed by atoms with van der Waals surface area (Å²) in [6.07, 6.45) is 2.80. The molecule has 5 heteroatoms. The quantitative estimate of drug-likeness (QED) is 0.856. The average Bonchev–Trinajstić information content (AvgIpc) is 3.21. The first-order valence-electron chi connectivity index (χ1n) is 8.21. The highest BCUT2D eigenvalue weighted by Gasteiger charge is 2.16. The number of rotatable bonds is 6. The molecule has 3 rings (SSSR count). The molecule has 1 aromatic heterocycles. The molecule has 2 heterocycles. The molecule has 23 heavy (non-hydrogen) atoms. The zero-order valence-electron chi connectivity index (χ0n) is 13.5. The van der Waals surface area contributed by atoms with Crippen molar-refractivity contribution in [3.63, 3.8) is 0 Å². The molecular weight excluding hydrogens is 306 g/mol. The minimum absolute atomic E-state index is 0.144. The van der Waals surface area contributed by atoms with Gasteiger partial charge in [-0.2, -0.15) is 0 Å². The van der Waals surface area contributed by atoms with Gasteiger partial charge in [-0.05, 0) is 38.8 Å². The Bertz CT molecular complexity index is 648. The van der Waals surface area contributed by atoms with Gasteiger partial charge in [0.25, 0.3) is 0 Å². The molecule has 0 saturated carbocycles. The van der Waals surface area contributed by atoms with Crippen molar-refractivity contribution in [2.45, 2.75) is 32.7 Å². The predicted molar refractivity (Wildman–Crippen MR) is 94.3 cm³/mol. The highest BCUT2D eigenvalue weighted by Crippen LogP contribution is 2.27. The number of thiazole rings is 1. The Morgan fingerprint density at radius 1 is 1.39 bits per heavy atom. The van der Waals surface area contributed by atoms with Crippen molar-refractivity contribution in [2.75, 3.05) is 13.1 Å². The van der Waals surface area contributed by atoms with Gasteiger partial charge in [-0.1, -0.05) is 30.3 Å². The largest absolute Gasteiger partial charge is 0.351 e. The van der Waals surface area contributed by atoms with Crippen LogP contribution in [0.4, 0.5) is 0 Å². The van der Waals surface area contributed by atoms with Crippen LogP contribution in [0.25, 0.3) is 10.6 Å². The molecule has 1 aromatic carbocycles. The van der Waals surface area contributed by atoms with E-state index >= 15 is 0 Å². The molecule has 2 aromatic rings. The molecule has 122 valence electrons. The van der Waals surface area contributed by atoms with Crippen molar-refractivity contribution >= 4 is 17.2 Å². The minimum atomic E-state index is 0.144. The van der Waals surface area contributed by atoms with Crippen molar-refractivity contribution in [1.29, 1.82) is 0 Å². The maximum absolute atomic E-state index is 12.0. The number of nitrogens with zero attached hydrogens (tertiary/aromatic N) is 1. The smallest absolute Gasteiger partial charge is 0.220 e. The third-order valence-electron chi connectivity index (χ3n) is 4.30. The van der Waals surface area contributed by atoms with Crippen LogP contribution in [0.3, 0.4) is 0 Å². The number of nitrogens with one attached hydrogen (secondary N) is 2. The second-order valence-corrected chi connectivity index (χ2v) is 7.15. The zero-order valence-corrected chi connectivity index (χ0v) is 14.3. The van der Waals surface area contributed by atoms with Gasteiger partial charge >= 0.3 is 0 Å². The molecule has 1 unspecified atom stereocenters. The molecule has 0 aliphatic carbocycles. The SMILES string of the molecule is Cc1nc(-c2ccccc2)sc1CNC(=O)CCC1CCNC1. The van der Waals surface area contributed by atoms with Crippen LogP contribution in [0.1, 0.15) is 29.8 Å². The van der Waals surface area contributed by atoms with Gasteiger partial charge in [0.2, 0.25) is 5.91 Å². The lowest BCUT2D eigenvalue weighted by molar-refractivity contribution is -0.121. The molecule has 0 spiro atoms. The standard InChI is InChI=1S/C18H23N3OS/c1-13-16(23-18(21-13)15-5-3-2-4-6-15)12-20-17(22)8-7-14-9-10-19-11-14/h2-6,14,19H,7-12H2,1H3,(H,20,22). The Balaban J connectivity index is 1.52. The third kappa shape index (κ3) is 4.39. The molecular formula is C18H23N3OS. The summed E-state index contributed by atoms with van der Waals surface area (Å²) in [6.45, 7) is 4.74. The number of benzene rings is 1. The maximum atomic E-state index is 12.0. The molecule has 1 aliphatic heterocycles. The third-order valence-corrected chi connectivity index (χ3v) is 5.51. The molecule has 1 fully saturated rings. The molecule has 2 N–H and O–H groups in total. The summed E-state index contributed by atoms with van der Waals surface area (Å²) in [4.78, 5) is 17.8. The van der Waals surface area contributed by atoms with E-state index in [0.717, 1.165) is 40.7 Å². The van der Waals surface area contributed by atoms with E-state index in [0.29, 0.717) is 18.9 Å². The van der Waals surface area contributed by atoms with Crippen LogP contribution in [-0.4, -0.2) is 24.0 Å². The summed E-state index contributed by atoms with van der Waals surface area (Å²) in [7, 11) is 0. The van der Waals surface area contributed by atoms with Crippen LogP contribution in [0.2, 0.25) is 0 Å². The summed E-state index contributed by atoms with van der Waals surface area (Å²) in [5.41, 5.74) is 2.14. The van der Waals surface area contributed by atoms with Crippen LogP contribution in [0.5, 0.6) is 0 Å². The van der Waals surface area contributed by atoms with Crippen LogP contribution in [0.15, 0.2) is 30.3 Å². The lowest BCUT2D eigenvalue weighted by Gasteiger charge is -2.08. The topological polar surface area (TPSA) is 54.0 Å². The lowest BCUT2D eigenvalue weighted by Crippen LogP contribution is -2.23. The van der Waals surface area contributed by atoms with Gasteiger partial charge in [-0.25, -0.2) is 4.98 Å². The number of carbonyl (C=O) groups excluding carboxylic acids is 1. The van der Waals surface area contributed by atoms with Gasteiger partial charge in [0, 0.05) is 16.9 Å². The van der Waals surface area contributed by atoms with E-state index in [1.54, 1.807) is 11.3 Å². The fourth-order valence-corrected chi connectivity index (χ4v) is 3.87. The van der Waals surface area contributed by atoms with Crippen LogP contribution in [-0.2, 0) is 11.3 Å². The van der Waals surface area contributed by atoms with E-state index < -0.39 is 0 Å². The van der Waals surface area contributed by atoms with Crippen LogP contribution in [0, 0.1) is 12.8 Å². The average molecular weight is 329 g/mol. The van der Waals surface area contributed by atoms with Gasteiger partial charge < -0.3 is 10.6 Å². The van der Waals surface area contributed by atoms with Gasteiger partial charge in [0.1, 0.15) is 5.01 Å². The minimum Gasteiger partial charge on any atom is -0.351 e. The number of carbonyl (C=O) groups is 1. The molecule has 1 saturated heterocycles. The Morgan fingerprint density at radius 2 is 2.22 bits per heavy atom. The van der Waals surface area contributed by atoms with E-state index in [4.69, 9.17) is 0 Å². The first-order chi connectivity index (χ1) is 11.2. The van der Waals surface area contributed by atoms with Gasteiger partial charge in [-0.15, -0.1) is 11.3 Å². The normalized spacial score (nSPS) is 17.3. The molecule has 1 aliphatic rings. The second-order valence-electron chi connectivity index (χ2n) is 6.07. The molecule has 1 atom stereocenters. The molecule has 0 radical (unpaired) electrons. The van der Waals surface area contributed by atoms with E-state index in [1.807, 2.05) is 25.1 Å². The van der Waals surface area contributed by atoms with Gasteiger partial charge in [0.15, 0.2) is 0 Å². The van der Waals surface area contributed by atoms with Crippen molar-refractivity contribution in [3.8, 4) is 10.6 Å². The fraction of sp³-hybridized carbons (Fsp3) is 0.444. The summed E-state index contributed by atoms with van der Waals surface area (Å²) in [5, 5.41) is 7.40. The Kier molecular flexibility index (Phi) is 5.41. The van der Waals surface area contributed by atoms with E-state index in [-0.39, 0.29) is 5.91 Å². The summed E-state index contributed by atoms with van der Waals surface area (Å²) >= 11 is 1.66. The Hall–Kier alpha value is -1.72. The van der Waals surface area contributed by atoms with Crippen molar-refractivity contribution in [1.82, 2.24) is 15.6 Å². The summed E-state index contributed by atoms with van der Waals surface area (Å²) in [6, 6.07) is 10.2. The van der Waals surface area contributed by atoms with Gasteiger partial charge in [-0.3, -0.25) is 4.79 Å². The van der Waals surface area contributed by atoms with Crippen LogP contribution >= 0.6 is 11.3 Å². The number of aryl methyl sites for hydroxylation is 1. The van der Waals surface area contributed by atoms with Crippen molar-refractivity contribution in [3.05, 3.63) is 40.9 Å². The Morgan fingerprint density at radius 3 is 2.96 bits per heavy atom.